The molecule has 2 rings (SSSR count). The number of rotatable bonds is 3. The zero-order valence-corrected chi connectivity index (χ0v) is 8.53. The number of carbonyl (C=O) groups is 1. The standard InChI is InChI=1S/C11H13NO3/c1-8-2-4-9(5-3-8)14-7-10-6-12-11(13)15-10/h2-5,10H,6-7H2,1H3,(H,12,13). The molecule has 1 saturated heterocycles. The normalized spacial score (nSPS) is 19.5. The Morgan fingerprint density at radius 3 is 2.80 bits per heavy atom. The molecule has 1 atom stereocenters. The van der Waals surface area contributed by atoms with Crippen LogP contribution < -0.4 is 10.1 Å². The fourth-order valence-corrected chi connectivity index (χ4v) is 1.35. The minimum absolute atomic E-state index is 0.182. The molecule has 1 aliphatic rings. The third kappa shape index (κ3) is 2.62. The summed E-state index contributed by atoms with van der Waals surface area (Å²) in [4.78, 5) is 10.7. The van der Waals surface area contributed by atoms with Crippen molar-refractivity contribution in [3.63, 3.8) is 0 Å². The molecule has 1 N–H and O–H groups in total. The van der Waals surface area contributed by atoms with E-state index < -0.39 is 0 Å². The Morgan fingerprint density at radius 1 is 1.47 bits per heavy atom. The van der Waals surface area contributed by atoms with E-state index >= 15 is 0 Å². The van der Waals surface area contributed by atoms with E-state index in [9.17, 15) is 4.79 Å². The maximum absolute atomic E-state index is 10.7. The molecule has 0 aromatic heterocycles. The predicted molar refractivity (Wildman–Crippen MR) is 54.9 cm³/mol. The van der Waals surface area contributed by atoms with Gasteiger partial charge in [-0.25, -0.2) is 4.79 Å². The summed E-state index contributed by atoms with van der Waals surface area (Å²) in [6.45, 7) is 2.93. The van der Waals surface area contributed by atoms with E-state index in [1.165, 1.54) is 5.56 Å². The van der Waals surface area contributed by atoms with Gasteiger partial charge in [-0.1, -0.05) is 17.7 Å². The van der Waals surface area contributed by atoms with E-state index in [-0.39, 0.29) is 12.2 Å². The fraction of sp³-hybridized carbons (Fsp3) is 0.364. The van der Waals surface area contributed by atoms with Crippen molar-refractivity contribution in [2.24, 2.45) is 0 Å². The van der Waals surface area contributed by atoms with Crippen LogP contribution in [0.15, 0.2) is 24.3 Å². The maximum atomic E-state index is 10.7. The Kier molecular flexibility index (Phi) is 2.76. The summed E-state index contributed by atoms with van der Waals surface area (Å²) in [5.74, 6) is 0.795. The van der Waals surface area contributed by atoms with Crippen LogP contribution in [0, 0.1) is 6.92 Å². The third-order valence-electron chi connectivity index (χ3n) is 2.20. The Morgan fingerprint density at radius 2 is 2.20 bits per heavy atom. The van der Waals surface area contributed by atoms with Crippen LogP contribution in [0.3, 0.4) is 0 Å². The molecule has 80 valence electrons. The minimum Gasteiger partial charge on any atom is -0.490 e. The number of cyclic esters (lactones) is 1. The molecular formula is C11H13NO3. The summed E-state index contributed by atoms with van der Waals surface area (Å²) >= 11 is 0. The second-order valence-electron chi connectivity index (χ2n) is 3.53. The number of ether oxygens (including phenoxy) is 2. The van der Waals surface area contributed by atoms with E-state index in [0.717, 1.165) is 5.75 Å². The van der Waals surface area contributed by atoms with Crippen LogP contribution in [0.1, 0.15) is 5.56 Å². The van der Waals surface area contributed by atoms with Crippen molar-refractivity contribution >= 4 is 6.09 Å². The number of alkyl carbamates (subject to hydrolysis) is 1. The van der Waals surface area contributed by atoms with E-state index in [4.69, 9.17) is 9.47 Å². The highest BCUT2D eigenvalue weighted by Gasteiger charge is 2.22. The van der Waals surface area contributed by atoms with E-state index in [1.807, 2.05) is 31.2 Å². The summed E-state index contributed by atoms with van der Waals surface area (Å²) in [6, 6.07) is 7.77. The van der Waals surface area contributed by atoms with Crippen LogP contribution in [0.5, 0.6) is 5.75 Å². The zero-order valence-electron chi connectivity index (χ0n) is 8.53. The second kappa shape index (κ2) is 4.21. The van der Waals surface area contributed by atoms with Gasteiger partial charge in [0.25, 0.3) is 0 Å². The van der Waals surface area contributed by atoms with Crippen molar-refractivity contribution in [1.29, 1.82) is 0 Å². The Labute approximate surface area is 88.2 Å². The van der Waals surface area contributed by atoms with E-state index in [0.29, 0.717) is 13.2 Å². The molecule has 1 aromatic carbocycles. The number of carbonyl (C=O) groups excluding carboxylic acids is 1. The lowest BCUT2D eigenvalue weighted by Gasteiger charge is -2.09. The van der Waals surface area contributed by atoms with E-state index in [2.05, 4.69) is 5.32 Å². The Hall–Kier alpha value is -1.71. The predicted octanol–water partition coefficient (Wildman–Crippen LogP) is 1.48. The topological polar surface area (TPSA) is 47.6 Å². The van der Waals surface area contributed by atoms with Crippen LogP contribution >= 0.6 is 0 Å². The molecular weight excluding hydrogens is 194 g/mol. The summed E-state index contributed by atoms with van der Waals surface area (Å²) < 4.78 is 10.4. The lowest BCUT2D eigenvalue weighted by molar-refractivity contribution is 0.105. The third-order valence-corrected chi connectivity index (χ3v) is 2.20. The molecule has 1 unspecified atom stereocenters. The largest absolute Gasteiger partial charge is 0.490 e. The molecule has 0 radical (unpaired) electrons. The maximum Gasteiger partial charge on any atom is 0.407 e. The van der Waals surface area contributed by atoms with Gasteiger partial charge in [0.05, 0.1) is 6.54 Å². The van der Waals surface area contributed by atoms with Gasteiger partial charge >= 0.3 is 6.09 Å². The van der Waals surface area contributed by atoms with Gasteiger partial charge in [-0.05, 0) is 19.1 Å². The monoisotopic (exact) mass is 207 g/mol. The van der Waals surface area contributed by atoms with Crippen LogP contribution in [0.2, 0.25) is 0 Å². The molecule has 0 saturated carbocycles. The van der Waals surface area contributed by atoms with E-state index in [1.54, 1.807) is 0 Å². The summed E-state index contributed by atoms with van der Waals surface area (Å²) in [5, 5.41) is 2.57. The fourth-order valence-electron chi connectivity index (χ4n) is 1.35. The molecule has 15 heavy (non-hydrogen) atoms. The number of benzene rings is 1. The van der Waals surface area contributed by atoms with Crippen LogP contribution in [-0.4, -0.2) is 25.3 Å². The minimum atomic E-state index is -0.368. The highest BCUT2D eigenvalue weighted by Crippen LogP contribution is 2.12. The molecule has 4 nitrogen and oxygen atoms in total. The van der Waals surface area contributed by atoms with Gasteiger partial charge in [-0.15, -0.1) is 0 Å². The lowest BCUT2D eigenvalue weighted by atomic mass is 10.2. The number of amides is 1. The van der Waals surface area contributed by atoms with Crippen molar-refractivity contribution in [1.82, 2.24) is 5.32 Å². The van der Waals surface area contributed by atoms with Crippen molar-refractivity contribution in [3.05, 3.63) is 29.8 Å². The lowest BCUT2D eigenvalue weighted by Crippen LogP contribution is -2.21. The molecule has 1 amide bonds. The summed E-state index contributed by atoms with van der Waals surface area (Å²) in [5.41, 5.74) is 1.19. The van der Waals surface area contributed by atoms with Crippen molar-refractivity contribution < 1.29 is 14.3 Å². The number of hydrogen-bond acceptors (Lipinski definition) is 3. The smallest absolute Gasteiger partial charge is 0.407 e. The summed E-state index contributed by atoms with van der Waals surface area (Å²) in [7, 11) is 0. The molecule has 0 bridgehead atoms. The SMILES string of the molecule is Cc1ccc(OCC2CNC(=O)O2)cc1. The highest BCUT2D eigenvalue weighted by atomic mass is 16.6. The molecule has 1 aromatic rings. The van der Waals surface area contributed by atoms with Gasteiger partial charge in [-0.3, -0.25) is 0 Å². The van der Waals surface area contributed by atoms with Crippen molar-refractivity contribution in [2.75, 3.05) is 13.2 Å². The average molecular weight is 207 g/mol. The first kappa shape index (κ1) is 9.83. The number of nitrogens with one attached hydrogen (secondary N) is 1. The van der Waals surface area contributed by atoms with Gasteiger partial charge in [0.1, 0.15) is 12.4 Å². The quantitative estimate of drug-likeness (QED) is 0.816. The molecule has 1 fully saturated rings. The Bertz CT molecular complexity index is 347. The average Bonchev–Trinajstić information content (AvgIpc) is 2.64. The van der Waals surface area contributed by atoms with Crippen LogP contribution in [0.4, 0.5) is 4.79 Å². The first-order valence-electron chi connectivity index (χ1n) is 4.88. The Balaban J connectivity index is 1.83. The van der Waals surface area contributed by atoms with Gasteiger partial charge in [-0.2, -0.15) is 0 Å². The first-order chi connectivity index (χ1) is 7.24. The molecule has 1 heterocycles. The molecule has 0 aliphatic carbocycles. The van der Waals surface area contributed by atoms with Crippen LogP contribution in [0.25, 0.3) is 0 Å². The number of hydrogen-bond donors (Lipinski definition) is 1. The van der Waals surface area contributed by atoms with Gasteiger partial charge in [0, 0.05) is 0 Å². The second-order valence-corrected chi connectivity index (χ2v) is 3.53. The van der Waals surface area contributed by atoms with Gasteiger partial charge < -0.3 is 14.8 Å². The zero-order chi connectivity index (χ0) is 10.7. The highest BCUT2D eigenvalue weighted by molar-refractivity contribution is 5.69. The van der Waals surface area contributed by atoms with Crippen molar-refractivity contribution in [2.45, 2.75) is 13.0 Å². The van der Waals surface area contributed by atoms with Crippen molar-refractivity contribution in [3.8, 4) is 5.75 Å². The number of aryl methyl sites for hydroxylation is 1. The van der Waals surface area contributed by atoms with Crippen LogP contribution in [-0.2, 0) is 4.74 Å². The molecule has 0 spiro atoms. The van der Waals surface area contributed by atoms with Gasteiger partial charge in [0.15, 0.2) is 6.10 Å². The molecule has 4 heteroatoms. The first-order valence-corrected chi connectivity index (χ1v) is 4.88. The summed E-state index contributed by atoms with van der Waals surface area (Å²) in [6.07, 6.45) is -0.550. The molecule has 1 aliphatic heterocycles. The van der Waals surface area contributed by atoms with Gasteiger partial charge in [0.2, 0.25) is 0 Å².